The van der Waals surface area contributed by atoms with E-state index in [0.717, 1.165) is 0 Å². The molecule has 0 amide bonds. The van der Waals surface area contributed by atoms with Crippen molar-refractivity contribution >= 4 is 0 Å². The molecule has 14 heavy (non-hydrogen) atoms. The lowest BCUT2D eigenvalue weighted by atomic mass is 10.1. The van der Waals surface area contributed by atoms with Crippen molar-refractivity contribution in [2.24, 2.45) is 0 Å². The van der Waals surface area contributed by atoms with Crippen LogP contribution in [0.25, 0.3) is 0 Å². The number of hydrogen-bond donors (Lipinski definition) is 2. The minimum absolute atomic E-state index is 0.200. The third kappa shape index (κ3) is 4.76. The second-order valence-electron chi connectivity index (χ2n) is 3.80. The maximum atomic E-state index is 12.4. The second kappa shape index (κ2) is 4.93. The molecule has 0 saturated heterocycles. The number of alkyl halides is 4. The maximum Gasteiger partial charge on any atom is 0.319 e. The van der Waals surface area contributed by atoms with Crippen LogP contribution in [0.15, 0.2) is 0 Å². The molecule has 0 aliphatic rings. The molecule has 86 valence electrons. The van der Waals surface area contributed by atoms with Gasteiger partial charge in [0.25, 0.3) is 0 Å². The van der Waals surface area contributed by atoms with Gasteiger partial charge in [0.05, 0.1) is 6.54 Å². The van der Waals surface area contributed by atoms with Crippen LogP contribution >= 0.6 is 0 Å². The van der Waals surface area contributed by atoms with Crippen LogP contribution in [0.3, 0.4) is 0 Å². The van der Waals surface area contributed by atoms with Gasteiger partial charge in [-0.15, -0.1) is 0 Å². The van der Waals surface area contributed by atoms with E-state index >= 15 is 0 Å². The summed E-state index contributed by atoms with van der Waals surface area (Å²) in [5, 5.41) is 5.17. The topological polar surface area (TPSA) is 24.1 Å². The SMILES string of the molecule is CNC(C)(C)CNCC(F)(F)C(F)F. The van der Waals surface area contributed by atoms with Gasteiger partial charge in [-0.05, 0) is 20.9 Å². The summed E-state index contributed by atoms with van der Waals surface area (Å²) >= 11 is 0. The molecule has 0 heterocycles. The molecular weight excluding hydrogens is 200 g/mol. The monoisotopic (exact) mass is 216 g/mol. The highest BCUT2D eigenvalue weighted by Crippen LogP contribution is 2.21. The average molecular weight is 216 g/mol. The Bertz CT molecular complexity index is 171. The molecular formula is C8H16F4N2. The van der Waals surface area contributed by atoms with Crippen molar-refractivity contribution in [2.45, 2.75) is 31.7 Å². The average Bonchev–Trinajstić information content (AvgIpc) is 2.03. The predicted molar refractivity (Wildman–Crippen MR) is 47.0 cm³/mol. The lowest BCUT2D eigenvalue weighted by molar-refractivity contribution is -0.125. The molecule has 0 radical (unpaired) electrons. The summed E-state index contributed by atoms with van der Waals surface area (Å²) in [6, 6.07) is 0. The summed E-state index contributed by atoms with van der Waals surface area (Å²) in [6.45, 7) is 2.75. The van der Waals surface area contributed by atoms with E-state index in [-0.39, 0.29) is 6.54 Å². The first kappa shape index (κ1) is 13.6. The molecule has 0 unspecified atom stereocenters. The molecule has 0 aromatic carbocycles. The molecule has 2 N–H and O–H groups in total. The lowest BCUT2D eigenvalue weighted by Crippen LogP contribution is -2.49. The van der Waals surface area contributed by atoms with Gasteiger partial charge in [0.2, 0.25) is 0 Å². The van der Waals surface area contributed by atoms with Crippen molar-refractivity contribution in [3.63, 3.8) is 0 Å². The molecule has 0 atom stereocenters. The first-order chi connectivity index (χ1) is 6.21. The van der Waals surface area contributed by atoms with Crippen LogP contribution in [0.2, 0.25) is 0 Å². The van der Waals surface area contributed by atoms with E-state index < -0.39 is 24.4 Å². The van der Waals surface area contributed by atoms with E-state index in [4.69, 9.17) is 0 Å². The minimum Gasteiger partial charge on any atom is -0.314 e. The largest absolute Gasteiger partial charge is 0.319 e. The lowest BCUT2D eigenvalue weighted by Gasteiger charge is -2.25. The Kier molecular flexibility index (Phi) is 4.80. The Morgan fingerprint density at radius 1 is 1.14 bits per heavy atom. The highest BCUT2D eigenvalue weighted by molar-refractivity contribution is 4.80. The maximum absolute atomic E-state index is 12.4. The van der Waals surface area contributed by atoms with Gasteiger partial charge in [-0.1, -0.05) is 0 Å². The molecule has 0 aromatic rings. The van der Waals surface area contributed by atoms with Crippen LogP contribution in [0, 0.1) is 0 Å². The van der Waals surface area contributed by atoms with E-state index in [1.165, 1.54) is 0 Å². The van der Waals surface area contributed by atoms with Crippen molar-refractivity contribution in [2.75, 3.05) is 20.1 Å². The Hall–Kier alpha value is -0.360. The van der Waals surface area contributed by atoms with E-state index in [2.05, 4.69) is 10.6 Å². The third-order valence-corrected chi connectivity index (χ3v) is 1.92. The van der Waals surface area contributed by atoms with Crippen LogP contribution in [0.4, 0.5) is 17.6 Å². The number of nitrogens with one attached hydrogen (secondary N) is 2. The Morgan fingerprint density at radius 2 is 1.64 bits per heavy atom. The molecule has 2 nitrogen and oxygen atoms in total. The quantitative estimate of drug-likeness (QED) is 0.657. The zero-order valence-corrected chi connectivity index (χ0v) is 8.50. The van der Waals surface area contributed by atoms with Crippen molar-refractivity contribution in [1.29, 1.82) is 0 Å². The summed E-state index contributed by atoms with van der Waals surface area (Å²) in [5.41, 5.74) is -0.391. The molecule has 0 aromatic heterocycles. The fraction of sp³-hybridized carbons (Fsp3) is 1.00. The molecule has 0 aliphatic carbocycles. The molecule has 6 heteroatoms. The van der Waals surface area contributed by atoms with Crippen molar-refractivity contribution in [1.82, 2.24) is 10.6 Å². The van der Waals surface area contributed by atoms with Crippen LogP contribution in [-0.2, 0) is 0 Å². The normalized spacial score (nSPS) is 13.7. The fourth-order valence-electron chi connectivity index (χ4n) is 0.707. The zero-order chi connectivity index (χ0) is 11.4. The molecule has 0 aliphatic heterocycles. The van der Waals surface area contributed by atoms with E-state index in [9.17, 15) is 17.6 Å². The fourth-order valence-corrected chi connectivity index (χ4v) is 0.707. The third-order valence-electron chi connectivity index (χ3n) is 1.92. The second-order valence-corrected chi connectivity index (χ2v) is 3.80. The summed E-state index contributed by atoms with van der Waals surface area (Å²) in [5.74, 6) is -3.95. The Balaban J connectivity index is 3.85. The summed E-state index contributed by atoms with van der Waals surface area (Å²) in [7, 11) is 1.67. The first-order valence-electron chi connectivity index (χ1n) is 4.27. The smallest absolute Gasteiger partial charge is 0.314 e. The number of rotatable bonds is 6. The van der Waals surface area contributed by atoms with Gasteiger partial charge >= 0.3 is 12.3 Å². The van der Waals surface area contributed by atoms with Gasteiger partial charge < -0.3 is 10.6 Å². The van der Waals surface area contributed by atoms with E-state index in [1.54, 1.807) is 20.9 Å². The van der Waals surface area contributed by atoms with Gasteiger partial charge in [0.15, 0.2) is 0 Å². The standard InChI is InChI=1S/C8H16F4N2/c1-7(2,13-3)4-14-5-8(11,12)6(9)10/h6,13-14H,4-5H2,1-3H3. The number of hydrogen-bond acceptors (Lipinski definition) is 2. The first-order valence-corrected chi connectivity index (χ1v) is 4.27. The summed E-state index contributed by atoms with van der Waals surface area (Å²) < 4.78 is 48.2. The van der Waals surface area contributed by atoms with Gasteiger partial charge in [0.1, 0.15) is 0 Å². The Labute approximate surface area is 81.1 Å². The molecule has 0 fully saturated rings. The molecule has 0 rings (SSSR count). The summed E-state index contributed by atoms with van der Waals surface area (Å²) in [6.07, 6.45) is -3.62. The van der Waals surface area contributed by atoms with Gasteiger partial charge in [0, 0.05) is 12.1 Å². The van der Waals surface area contributed by atoms with E-state index in [1.807, 2.05) is 0 Å². The minimum atomic E-state index is -3.95. The number of halogens is 4. The van der Waals surface area contributed by atoms with Gasteiger partial charge in [-0.2, -0.15) is 8.78 Å². The Morgan fingerprint density at radius 3 is 2.00 bits per heavy atom. The van der Waals surface area contributed by atoms with Crippen LogP contribution in [0.5, 0.6) is 0 Å². The van der Waals surface area contributed by atoms with Crippen molar-refractivity contribution in [3.8, 4) is 0 Å². The van der Waals surface area contributed by atoms with Crippen LogP contribution in [-0.4, -0.2) is 38.0 Å². The van der Waals surface area contributed by atoms with Crippen LogP contribution in [0.1, 0.15) is 13.8 Å². The van der Waals surface area contributed by atoms with Gasteiger partial charge in [-0.3, -0.25) is 0 Å². The highest BCUT2D eigenvalue weighted by atomic mass is 19.3. The predicted octanol–water partition coefficient (Wildman–Crippen LogP) is 1.47. The number of likely N-dealkylation sites (N-methyl/N-ethyl adjacent to an activating group) is 1. The van der Waals surface area contributed by atoms with Crippen molar-refractivity contribution < 1.29 is 17.6 Å². The molecule has 0 spiro atoms. The van der Waals surface area contributed by atoms with Gasteiger partial charge in [-0.25, -0.2) is 8.78 Å². The molecule has 0 bridgehead atoms. The zero-order valence-electron chi connectivity index (χ0n) is 8.50. The summed E-state index contributed by atoms with van der Waals surface area (Å²) in [4.78, 5) is 0. The molecule has 0 saturated carbocycles. The highest BCUT2D eigenvalue weighted by Gasteiger charge is 2.40. The van der Waals surface area contributed by atoms with Crippen LogP contribution < -0.4 is 10.6 Å². The van der Waals surface area contributed by atoms with E-state index in [0.29, 0.717) is 0 Å². The van der Waals surface area contributed by atoms with Crippen molar-refractivity contribution in [3.05, 3.63) is 0 Å².